The Labute approximate surface area is 87.4 Å². The minimum Gasteiger partial charge on any atom is -0.0836 e. The van der Waals surface area contributed by atoms with Crippen LogP contribution in [0.5, 0.6) is 0 Å². The maximum Gasteiger partial charge on any atom is -0.0227 e. The van der Waals surface area contributed by atoms with Crippen LogP contribution in [0, 0.1) is 12.3 Å². The second-order valence-electron chi connectivity index (χ2n) is 4.26. The van der Waals surface area contributed by atoms with Crippen LogP contribution in [0.1, 0.15) is 38.5 Å². The van der Waals surface area contributed by atoms with Crippen molar-refractivity contribution in [2.24, 2.45) is 5.92 Å². The third kappa shape index (κ3) is 2.87. The lowest BCUT2D eigenvalue weighted by Gasteiger charge is -2.17. The first kappa shape index (κ1) is 9.76. The van der Waals surface area contributed by atoms with Gasteiger partial charge in [0.1, 0.15) is 0 Å². The van der Waals surface area contributed by atoms with Crippen LogP contribution >= 0.6 is 0 Å². The zero-order chi connectivity index (χ0) is 9.64. The lowest BCUT2D eigenvalue weighted by Crippen LogP contribution is -2.03. The molecular formula is C14H19. The molecular weight excluding hydrogens is 168 g/mol. The van der Waals surface area contributed by atoms with Crippen molar-refractivity contribution in [1.82, 2.24) is 0 Å². The molecule has 0 heteroatoms. The molecule has 14 heavy (non-hydrogen) atoms. The summed E-state index contributed by atoms with van der Waals surface area (Å²) >= 11 is 0. The molecule has 1 unspecified atom stereocenters. The predicted molar refractivity (Wildman–Crippen MR) is 61.9 cm³/mol. The summed E-state index contributed by atoms with van der Waals surface area (Å²) in [6, 6.07) is 0. The van der Waals surface area contributed by atoms with Crippen LogP contribution in [0.4, 0.5) is 0 Å². The second-order valence-corrected chi connectivity index (χ2v) is 4.26. The van der Waals surface area contributed by atoms with E-state index < -0.39 is 0 Å². The summed E-state index contributed by atoms with van der Waals surface area (Å²) in [6.45, 7) is 0. The van der Waals surface area contributed by atoms with E-state index in [0.717, 1.165) is 5.92 Å². The van der Waals surface area contributed by atoms with Gasteiger partial charge >= 0.3 is 0 Å². The van der Waals surface area contributed by atoms with Crippen LogP contribution in [0.2, 0.25) is 0 Å². The van der Waals surface area contributed by atoms with Gasteiger partial charge in [0.05, 0.1) is 0 Å². The molecule has 1 radical (unpaired) electrons. The Balaban J connectivity index is 1.85. The van der Waals surface area contributed by atoms with Crippen molar-refractivity contribution in [1.29, 1.82) is 0 Å². The third-order valence-electron chi connectivity index (χ3n) is 3.04. The Kier molecular flexibility index (Phi) is 3.62. The molecule has 0 saturated heterocycles. The Bertz CT molecular complexity index is 249. The van der Waals surface area contributed by atoms with E-state index >= 15 is 0 Å². The van der Waals surface area contributed by atoms with E-state index in [1.165, 1.54) is 44.1 Å². The highest BCUT2D eigenvalue weighted by Gasteiger charge is 2.09. The Hall–Kier alpha value is -0.780. The molecule has 0 aromatic heterocycles. The Morgan fingerprint density at radius 1 is 1.21 bits per heavy atom. The minimum atomic E-state index is 0.806. The molecule has 0 aromatic carbocycles. The van der Waals surface area contributed by atoms with Gasteiger partial charge in [0.25, 0.3) is 0 Å². The van der Waals surface area contributed by atoms with E-state index in [9.17, 15) is 0 Å². The van der Waals surface area contributed by atoms with Gasteiger partial charge in [-0.3, -0.25) is 0 Å². The monoisotopic (exact) mass is 187 g/mol. The maximum atomic E-state index is 2.43. The van der Waals surface area contributed by atoms with Crippen molar-refractivity contribution in [3.05, 3.63) is 42.4 Å². The van der Waals surface area contributed by atoms with Gasteiger partial charge in [-0.05, 0) is 43.6 Å². The summed E-state index contributed by atoms with van der Waals surface area (Å²) in [6.07, 6.45) is 21.8. The van der Waals surface area contributed by atoms with E-state index in [2.05, 4.69) is 36.8 Å². The van der Waals surface area contributed by atoms with Gasteiger partial charge in [-0.15, -0.1) is 0 Å². The smallest absolute Gasteiger partial charge is 0.0227 e. The molecule has 0 spiro atoms. The fourth-order valence-corrected chi connectivity index (χ4v) is 2.15. The topological polar surface area (TPSA) is 0 Å². The van der Waals surface area contributed by atoms with Crippen LogP contribution < -0.4 is 0 Å². The number of hydrogen-bond acceptors (Lipinski definition) is 0. The van der Waals surface area contributed by atoms with Gasteiger partial charge < -0.3 is 0 Å². The summed E-state index contributed by atoms with van der Waals surface area (Å²) in [5.41, 5.74) is 1.40. The molecule has 1 saturated carbocycles. The van der Waals surface area contributed by atoms with Crippen molar-refractivity contribution in [2.45, 2.75) is 38.5 Å². The largest absolute Gasteiger partial charge is 0.0836 e. The fourth-order valence-electron chi connectivity index (χ4n) is 2.15. The molecule has 2 aliphatic carbocycles. The summed E-state index contributed by atoms with van der Waals surface area (Å²) in [4.78, 5) is 0. The molecule has 0 N–H and O–H groups in total. The summed E-state index contributed by atoms with van der Waals surface area (Å²) in [5, 5.41) is 0. The standard InChI is InChI=1S/C14H19/c1-3-7-13(8-4-1)11-12-14-9-5-2-6-10-14/h3,5,7-8,11-12,14H,1-2,4,6,9-10H2/b12-11-. The SMILES string of the molecule is [CH]1CCCC(/C=C\C2=CCCC=C2)C1. The van der Waals surface area contributed by atoms with Crippen molar-refractivity contribution in [3.8, 4) is 0 Å². The average Bonchev–Trinajstić information content (AvgIpc) is 2.29. The Morgan fingerprint density at radius 3 is 2.93 bits per heavy atom. The molecule has 0 nitrogen and oxygen atoms in total. The lowest BCUT2D eigenvalue weighted by molar-refractivity contribution is 0.490. The second kappa shape index (κ2) is 5.19. The molecule has 0 aromatic rings. The minimum absolute atomic E-state index is 0.806. The highest BCUT2D eigenvalue weighted by atomic mass is 14.1. The molecule has 0 aliphatic heterocycles. The zero-order valence-corrected chi connectivity index (χ0v) is 8.78. The van der Waals surface area contributed by atoms with Gasteiger partial charge in [-0.2, -0.15) is 0 Å². The first-order valence-corrected chi connectivity index (χ1v) is 5.82. The van der Waals surface area contributed by atoms with Gasteiger partial charge in [-0.25, -0.2) is 0 Å². The van der Waals surface area contributed by atoms with Crippen LogP contribution in [0.3, 0.4) is 0 Å². The average molecular weight is 187 g/mol. The highest BCUT2D eigenvalue weighted by molar-refractivity contribution is 5.33. The van der Waals surface area contributed by atoms with Crippen molar-refractivity contribution in [3.63, 3.8) is 0 Å². The van der Waals surface area contributed by atoms with Gasteiger partial charge in [0.2, 0.25) is 0 Å². The van der Waals surface area contributed by atoms with Gasteiger partial charge in [0, 0.05) is 0 Å². The first-order chi connectivity index (χ1) is 6.95. The van der Waals surface area contributed by atoms with E-state index in [0.29, 0.717) is 0 Å². The molecule has 1 atom stereocenters. The van der Waals surface area contributed by atoms with E-state index in [4.69, 9.17) is 0 Å². The summed E-state index contributed by atoms with van der Waals surface area (Å²) in [5.74, 6) is 0.806. The maximum absolute atomic E-state index is 2.43. The zero-order valence-electron chi connectivity index (χ0n) is 8.78. The normalized spacial score (nSPS) is 24.1. The number of allylic oxidation sites excluding steroid dienone is 6. The number of rotatable bonds is 2. The lowest BCUT2D eigenvalue weighted by atomic mass is 9.88. The van der Waals surface area contributed by atoms with Crippen LogP contribution in [-0.4, -0.2) is 0 Å². The molecule has 1 fully saturated rings. The highest BCUT2D eigenvalue weighted by Crippen LogP contribution is 2.24. The fraction of sp³-hybridized carbons (Fsp3) is 0.500. The van der Waals surface area contributed by atoms with E-state index in [1.807, 2.05) is 0 Å². The molecule has 2 aliphatic rings. The van der Waals surface area contributed by atoms with Gasteiger partial charge in [0.15, 0.2) is 0 Å². The Morgan fingerprint density at radius 2 is 2.21 bits per heavy atom. The summed E-state index contributed by atoms with van der Waals surface area (Å²) in [7, 11) is 0. The van der Waals surface area contributed by atoms with E-state index in [1.54, 1.807) is 0 Å². The van der Waals surface area contributed by atoms with Crippen molar-refractivity contribution < 1.29 is 0 Å². The predicted octanol–water partition coefficient (Wildman–Crippen LogP) is 4.21. The van der Waals surface area contributed by atoms with Crippen LogP contribution in [0.25, 0.3) is 0 Å². The molecule has 0 heterocycles. The molecule has 0 amide bonds. The van der Waals surface area contributed by atoms with Crippen molar-refractivity contribution in [2.75, 3.05) is 0 Å². The van der Waals surface area contributed by atoms with Crippen LogP contribution in [-0.2, 0) is 0 Å². The quantitative estimate of drug-likeness (QED) is 0.607. The van der Waals surface area contributed by atoms with Crippen molar-refractivity contribution >= 4 is 0 Å². The first-order valence-electron chi connectivity index (χ1n) is 5.82. The third-order valence-corrected chi connectivity index (χ3v) is 3.04. The molecule has 0 bridgehead atoms. The molecule has 2 rings (SSSR count). The molecule has 75 valence electrons. The number of hydrogen-bond donors (Lipinski definition) is 0. The van der Waals surface area contributed by atoms with Gasteiger partial charge in [-0.1, -0.05) is 43.2 Å². The summed E-state index contributed by atoms with van der Waals surface area (Å²) < 4.78 is 0. The van der Waals surface area contributed by atoms with Crippen LogP contribution in [0.15, 0.2) is 36.0 Å². The van der Waals surface area contributed by atoms with E-state index in [-0.39, 0.29) is 0 Å².